The molecule has 0 aromatic heterocycles. The van der Waals surface area contributed by atoms with Gasteiger partial charge in [-0.3, -0.25) is 14.4 Å². The second-order valence-electron chi connectivity index (χ2n) is 8.26. The number of carbonyl (C=O) groups excluding carboxylic acids is 3. The van der Waals surface area contributed by atoms with Gasteiger partial charge in [0.1, 0.15) is 11.8 Å². The molecule has 1 heterocycles. The van der Waals surface area contributed by atoms with E-state index in [2.05, 4.69) is 5.32 Å². The largest absolute Gasteiger partial charge is 0.493 e. The highest BCUT2D eigenvalue weighted by Gasteiger charge is 2.37. The second-order valence-corrected chi connectivity index (χ2v) is 8.26. The molecule has 3 N–H and O–H groups in total. The average Bonchev–Trinajstić information content (AvgIpc) is 2.93. The molecule has 0 saturated carbocycles. The van der Waals surface area contributed by atoms with Gasteiger partial charge in [-0.1, -0.05) is 48.5 Å². The summed E-state index contributed by atoms with van der Waals surface area (Å²) in [6.07, 6.45) is 0.0752. The predicted molar refractivity (Wildman–Crippen MR) is 131 cm³/mol. The Morgan fingerprint density at radius 2 is 1.74 bits per heavy atom. The van der Waals surface area contributed by atoms with Crippen LogP contribution in [0.4, 0.5) is 11.4 Å². The minimum Gasteiger partial charge on any atom is -0.493 e. The summed E-state index contributed by atoms with van der Waals surface area (Å²) in [5.41, 5.74) is 9.46. The number of amides is 3. The SMILES string of the molecule is CC1C(=O)N(C(=O)[C@H](C)NC(=O)CCOc2ccccc2)c2cccc(N)c2-c2ccccc21. The number of ether oxygens (including phenoxy) is 1. The summed E-state index contributed by atoms with van der Waals surface area (Å²) in [5, 5.41) is 2.69. The van der Waals surface area contributed by atoms with Gasteiger partial charge < -0.3 is 15.8 Å². The standard InChI is InChI=1S/C27H27N3O4/c1-17-20-11-6-7-12-21(20)25-22(28)13-8-14-23(25)30(26(17)32)27(33)18(2)29-24(31)15-16-34-19-9-4-3-5-10-19/h3-14,17-18H,15-16,28H2,1-2H3,(H,29,31)/t17?,18-/m0/s1. The normalized spacial score (nSPS) is 15.5. The van der Waals surface area contributed by atoms with E-state index in [1.54, 1.807) is 44.2 Å². The van der Waals surface area contributed by atoms with Gasteiger partial charge in [-0.2, -0.15) is 0 Å². The molecular weight excluding hydrogens is 430 g/mol. The lowest BCUT2D eigenvalue weighted by Gasteiger charge is -2.26. The van der Waals surface area contributed by atoms with Crippen LogP contribution in [-0.2, 0) is 14.4 Å². The molecule has 3 aromatic rings. The number of fused-ring (bicyclic) bond motifs is 3. The highest BCUT2D eigenvalue weighted by atomic mass is 16.5. The third-order valence-corrected chi connectivity index (χ3v) is 5.91. The van der Waals surface area contributed by atoms with Crippen LogP contribution in [0.15, 0.2) is 72.8 Å². The zero-order valence-corrected chi connectivity index (χ0v) is 19.2. The Morgan fingerprint density at radius 1 is 1.03 bits per heavy atom. The predicted octanol–water partition coefficient (Wildman–Crippen LogP) is 3.89. The number of nitrogens with zero attached hydrogens (tertiary/aromatic N) is 1. The van der Waals surface area contributed by atoms with Crippen molar-refractivity contribution >= 4 is 29.1 Å². The molecule has 0 spiro atoms. The Morgan fingerprint density at radius 3 is 2.50 bits per heavy atom. The summed E-state index contributed by atoms with van der Waals surface area (Å²) < 4.78 is 5.55. The van der Waals surface area contributed by atoms with Gasteiger partial charge in [0.15, 0.2) is 0 Å². The molecule has 3 amide bonds. The maximum Gasteiger partial charge on any atom is 0.256 e. The molecule has 34 heavy (non-hydrogen) atoms. The van der Waals surface area contributed by atoms with Crippen LogP contribution in [0.2, 0.25) is 0 Å². The molecule has 0 saturated heterocycles. The van der Waals surface area contributed by atoms with E-state index in [-0.39, 0.29) is 24.8 Å². The van der Waals surface area contributed by atoms with Crippen molar-refractivity contribution in [2.45, 2.75) is 32.2 Å². The van der Waals surface area contributed by atoms with Crippen molar-refractivity contribution in [1.29, 1.82) is 0 Å². The Labute approximate surface area is 198 Å². The Balaban J connectivity index is 1.54. The summed E-state index contributed by atoms with van der Waals surface area (Å²) >= 11 is 0. The van der Waals surface area contributed by atoms with E-state index < -0.39 is 17.9 Å². The fourth-order valence-corrected chi connectivity index (χ4v) is 4.16. The number of para-hydroxylation sites is 1. The topological polar surface area (TPSA) is 102 Å². The number of benzene rings is 3. The number of hydrogen-bond donors (Lipinski definition) is 2. The van der Waals surface area contributed by atoms with Crippen molar-refractivity contribution in [2.75, 3.05) is 17.2 Å². The summed E-state index contributed by atoms with van der Waals surface area (Å²) in [4.78, 5) is 40.6. The van der Waals surface area contributed by atoms with Crippen LogP contribution in [-0.4, -0.2) is 30.4 Å². The molecule has 1 unspecified atom stereocenters. The van der Waals surface area contributed by atoms with Crippen LogP contribution in [0.5, 0.6) is 5.75 Å². The Bertz CT molecular complexity index is 1230. The van der Waals surface area contributed by atoms with E-state index in [9.17, 15) is 14.4 Å². The number of nitrogens with two attached hydrogens (primary N) is 1. The molecule has 0 fully saturated rings. The van der Waals surface area contributed by atoms with E-state index in [1.807, 2.05) is 42.5 Å². The van der Waals surface area contributed by atoms with E-state index in [0.29, 0.717) is 22.7 Å². The van der Waals surface area contributed by atoms with Crippen molar-refractivity contribution in [3.8, 4) is 16.9 Å². The third-order valence-electron chi connectivity index (χ3n) is 5.91. The summed E-state index contributed by atoms with van der Waals surface area (Å²) in [5.74, 6) is -1.13. The highest BCUT2D eigenvalue weighted by Crippen LogP contribution is 2.44. The maximum atomic E-state index is 13.5. The number of anilines is 2. The minimum atomic E-state index is -0.920. The van der Waals surface area contributed by atoms with Gasteiger partial charge in [-0.05, 0) is 49.2 Å². The molecule has 1 aliphatic heterocycles. The van der Waals surface area contributed by atoms with Gasteiger partial charge in [0.05, 0.1) is 24.6 Å². The fourth-order valence-electron chi connectivity index (χ4n) is 4.16. The summed E-state index contributed by atoms with van der Waals surface area (Å²) in [6, 6.07) is 20.9. The smallest absolute Gasteiger partial charge is 0.256 e. The number of nitrogen functional groups attached to an aromatic ring is 1. The molecule has 3 aromatic carbocycles. The first-order valence-electron chi connectivity index (χ1n) is 11.2. The van der Waals surface area contributed by atoms with E-state index in [1.165, 1.54) is 0 Å². The van der Waals surface area contributed by atoms with Crippen LogP contribution in [0.3, 0.4) is 0 Å². The molecule has 7 nitrogen and oxygen atoms in total. The second kappa shape index (κ2) is 9.79. The number of nitrogens with one attached hydrogen (secondary N) is 1. The van der Waals surface area contributed by atoms with Gasteiger partial charge in [0.2, 0.25) is 11.8 Å². The number of carbonyl (C=O) groups is 3. The quantitative estimate of drug-likeness (QED) is 0.547. The van der Waals surface area contributed by atoms with Crippen molar-refractivity contribution in [2.24, 2.45) is 0 Å². The Kier molecular flexibility index (Phi) is 6.63. The lowest BCUT2D eigenvalue weighted by Crippen LogP contribution is -2.50. The number of hydrogen-bond acceptors (Lipinski definition) is 5. The average molecular weight is 458 g/mol. The van der Waals surface area contributed by atoms with Crippen molar-refractivity contribution in [1.82, 2.24) is 5.32 Å². The van der Waals surface area contributed by atoms with Crippen LogP contribution >= 0.6 is 0 Å². The van der Waals surface area contributed by atoms with Crippen LogP contribution in [0.25, 0.3) is 11.1 Å². The lowest BCUT2D eigenvalue weighted by atomic mass is 9.92. The molecule has 0 aliphatic carbocycles. The molecule has 2 atom stereocenters. The van der Waals surface area contributed by atoms with E-state index >= 15 is 0 Å². The first-order valence-corrected chi connectivity index (χ1v) is 11.2. The first-order chi connectivity index (χ1) is 16.4. The molecule has 7 heteroatoms. The first kappa shape index (κ1) is 23.0. The van der Waals surface area contributed by atoms with E-state index in [4.69, 9.17) is 10.5 Å². The van der Waals surface area contributed by atoms with Gasteiger partial charge in [-0.25, -0.2) is 4.90 Å². The van der Waals surface area contributed by atoms with Crippen molar-refractivity contribution < 1.29 is 19.1 Å². The summed E-state index contributed by atoms with van der Waals surface area (Å²) in [6.45, 7) is 3.51. The molecule has 1 aliphatic rings. The number of rotatable bonds is 6. The zero-order chi connectivity index (χ0) is 24.2. The summed E-state index contributed by atoms with van der Waals surface area (Å²) in [7, 11) is 0. The van der Waals surface area contributed by atoms with Crippen LogP contribution < -0.4 is 20.7 Å². The lowest BCUT2D eigenvalue weighted by molar-refractivity contribution is -0.131. The van der Waals surface area contributed by atoms with Crippen molar-refractivity contribution in [3.05, 3.63) is 78.4 Å². The van der Waals surface area contributed by atoms with E-state index in [0.717, 1.165) is 16.0 Å². The zero-order valence-electron chi connectivity index (χ0n) is 19.2. The molecule has 4 rings (SSSR count). The van der Waals surface area contributed by atoms with Gasteiger partial charge in [0.25, 0.3) is 5.91 Å². The monoisotopic (exact) mass is 457 g/mol. The van der Waals surface area contributed by atoms with Gasteiger partial charge in [-0.15, -0.1) is 0 Å². The molecule has 0 radical (unpaired) electrons. The fraction of sp³-hybridized carbons (Fsp3) is 0.222. The number of imide groups is 1. The van der Waals surface area contributed by atoms with Crippen LogP contribution in [0, 0.1) is 0 Å². The Hall–Kier alpha value is -4.13. The third kappa shape index (κ3) is 4.50. The molecule has 0 bridgehead atoms. The van der Waals surface area contributed by atoms with Gasteiger partial charge in [0, 0.05) is 11.3 Å². The van der Waals surface area contributed by atoms with Crippen molar-refractivity contribution in [3.63, 3.8) is 0 Å². The maximum absolute atomic E-state index is 13.5. The highest BCUT2D eigenvalue weighted by molar-refractivity contribution is 6.22. The molecular formula is C27H27N3O4. The van der Waals surface area contributed by atoms with Gasteiger partial charge >= 0.3 is 0 Å². The van der Waals surface area contributed by atoms with Crippen LogP contribution in [0.1, 0.15) is 31.7 Å². The minimum absolute atomic E-state index is 0.0752. The molecule has 174 valence electrons.